The van der Waals surface area contributed by atoms with Crippen LogP contribution in [0.5, 0.6) is 0 Å². The predicted molar refractivity (Wildman–Crippen MR) is 69.0 cm³/mol. The lowest BCUT2D eigenvalue weighted by Crippen LogP contribution is -2.29. The lowest BCUT2D eigenvalue weighted by atomic mass is 9.95. The highest BCUT2D eigenvalue weighted by Gasteiger charge is 2.25. The number of nitrogens with two attached hydrogens (primary N) is 1. The van der Waals surface area contributed by atoms with Gasteiger partial charge in [0, 0.05) is 23.4 Å². The molecule has 0 aliphatic heterocycles. The van der Waals surface area contributed by atoms with Crippen LogP contribution in [-0.2, 0) is 4.79 Å². The molecular weight excluding hydrogens is 236 g/mol. The quantitative estimate of drug-likeness (QED) is 0.843. The van der Waals surface area contributed by atoms with Gasteiger partial charge in [0.15, 0.2) is 0 Å². The number of hydrogen-bond donors (Lipinski definition) is 2. The van der Waals surface area contributed by atoms with Gasteiger partial charge in [-0.25, -0.2) is 0 Å². The largest absolute Gasteiger partial charge is 0.353 e. The Balaban J connectivity index is 2.00. The topological polar surface area (TPSA) is 55.1 Å². The van der Waals surface area contributed by atoms with Gasteiger partial charge in [-0.05, 0) is 31.0 Å². The van der Waals surface area contributed by atoms with Crippen molar-refractivity contribution in [3.8, 4) is 0 Å². The fraction of sp³-hybridized carbons (Fsp3) is 0.462. The molecule has 1 aromatic rings. The average Bonchev–Trinajstić information content (AvgIpc) is 3.11. The Morgan fingerprint density at radius 3 is 2.76 bits per heavy atom. The molecule has 1 saturated carbocycles. The first-order chi connectivity index (χ1) is 8.20. The van der Waals surface area contributed by atoms with Crippen LogP contribution in [0, 0.1) is 0 Å². The van der Waals surface area contributed by atoms with Crippen LogP contribution in [0.4, 0.5) is 0 Å². The highest BCUT2D eigenvalue weighted by molar-refractivity contribution is 6.31. The Morgan fingerprint density at radius 2 is 2.18 bits per heavy atom. The molecule has 0 bridgehead atoms. The van der Waals surface area contributed by atoms with Crippen molar-refractivity contribution in [2.45, 2.75) is 31.2 Å². The van der Waals surface area contributed by atoms with E-state index in [9.17, 15) is 4.79 Å². The van der Waals surface area contributed by atoms with Crippen LogP contribution in [-0.4, -0.2) is 18.5 Å². The summed E-state index contributed by atoms with van der Waals surface area (Å²) in [5.74, 6) is 0.0744. The number of halogens is 1. The number of rotatable bonds is 5. The fourth-order valence-electron chi connectivity index (χ4n) is 1.86. The third kappa shape index (κ3) is 3.45. The SMILES string of the molecule is NCC(CC(=O)NC1CC1)c1ccccc1Cl. The molecule has 0 aromatic heterocycles. The van der Waals surface area contributed by atoms with Crippen molar-refractivity contribution in [2.24, 2.45) is 5.73 Å². The summed E-state index contributed by atoms with van der Waals surface area (Å²) >= 11 is 6.11. The maximum atomic E-state index is 11.7. The Bertz CT molecular complexity index is 404. The molecule has 0 saturated heterocycles. The molecule has 0 heterocycles. The standard InChI is InChI=1S/C13H17ClN2O/c14-12-4-2-1-3-11(12)9(8-15)7-13(17)16-10-5-6-10/h1-4,9-10H,5-8,15H2,(H,16,17). The van der Waals surface area contributed by atoms with Gasteiger partial charge < -0.3 is 11.1 Å². The van der Waals surface area contributed by atoms with Crippen LogP contribution in [0.3, 0.4) is 0 Å². The van der Waals surface area contributed by atoms with Gasteiger partial charge in [-0.15, -0.1) is 0 Å². The van der Waals surface area contributed by atoms with Gasteiger partial charge in [-0.3, -0.25) is 4.79 Å². The monoisotopic (exact) mass is 252 g/mol. The molecule has 1 aliphatic rings. The fourth-order valence-corrected chi connectivity index (χ4v) is 2.15. The van der Waals surface area contributed by atoms with Gasteiger partial charge in [0.2, 0.25) is 5.91 Å². The van der Waals surface area contributed by atoms with Gasteiger partial charge in [-0.1, -0.05) is 29.8 Å². The third-order valence-electron chi connectivity index (χ3n) is 3.00. The first-order valence-electron chi connectivity index (χ1n) is 5.94. The van der Waals surface area contributed by atoms with Crippen molar-refractivity contribution >= 4 is 17.5 Å². The van der Waals surface area contributed by atoms with E-state index in [1.54, 1.807) is 0 Å². The number of amides is 1. The zero-order valence-corrected chi connectivity index (χ0v) is 10.4. The Labute approximate surface area is 106 Å². The molecular formula is C13H17ClN2O. The second-order valence-electron chi connectivity index (χ2n) is 4.50. The molecule has 92 valence electrons. The molecule has 0 radical (unpaired) electrons. The molecule has 17 heavy (non-hydrogen) atoms. The normalized spacial score (nSPS) is 16.6. The first-order valence-corrected chi connectivity index (χ1v) is 6.32. The van der Waals surface area contributed by atoms with Crippen LogP contribution in [0.2, 0.25) is 5.02 Å². The highest BCUT2D eigenvalue weighted by Crippen LogP contribution is 2.27. The third-order valence-corrected chi connectivity index (χ3v) is 3.35. The molecule has 1 amide bonds. The van der Waals surface area contributed by atoms with Crippen LogP contribution >= 0.6 is 11.6 Å². The molecule has 4 heteroatoms. The van der Waals surface area contributed by atoms with E-state index in [0.717, 1.165) is 18.4 Å². The van der Waals surface area contributed by atoms with E-state index < -0.39 is 0 Å². The van der Waals surface area contributed by atoms with E-state index >= 15 is 0 Å². The zero-order valence-electron chi connectivity index (χ0n) is 9.66. The molecule has 3 nitrogen and oxygen atoms in total. The van der Waals surface area contributed by atoms with E-state index in [2.05, 4.69) is 5.32 Å². The van der Waals surface area contributed by atoms with E-state index in [0.29, 0.717) is 24.0 Å². The summed E-state index contributed by atoms with van der Waals surface area (Å²) in [6.07, 6.45) is 2.62. The second kappa shape index (κ2) is 5.52. The van der Waals surface area contributed by atoms with Crippen molar-refractivity contribution in [1.82, 2.24) is 5.32 Å². The molecule has 1 aromatic carbocycles. The summed E-state index contributed by atoms with van der Waals surface area (Å²) in [7, 11) is 0. The zero-order chi connectivity index (χ0) is 12.3. The summed E-state index contributed by atoms with van der Waals surface area (Å²) in [5, 5.41) is 3.65. The van der Waals surface area contributed by atoms with Crippen molar-refractivity contribution in [3.63, 3.8) is 0 Å². The minimum atomic E-state index is 0.00227. The second-order valence-corrected chi connectivity index (χ2v) is 4.91. The predicted octanol–water partition coefficient (Wildman–Crippen LogP) is 2.05. The van der Waals surface area contributed by atoms with Crippen molar-refractivity contribution in [2.75, 3.05) is 6.54 Å². The summed E-state index contributed by atoms with van der Waals surface area (Å²) in [6.45, 7) is 0.432. The van der Waals surface area contributed by atoms with E-state index in [1.807, 2.05) is 24.3 Å². The number of hydrogen-bond acceptors (Lipinski definition) is 2. The van der Waals surface area contributed by atoms with Crippen molar-refractivity contribution in [3.05, 3.63) is 34.9 Å². The van der Waals surface area contributed by atoms with Gasteiger partial charge in [0.25, 0.3) is 0 Å². The highest BCUT2D eigenvalue weighted by atomic mass is 35.5. The minimum Gasteiger partial charge on any atom is -0.353 e. The number of benzene rings is 1. The smallest absolute Gasteiger partial charge is 0.220 e. The van der Waals surface area contributed by atoms with E-state index in [-0.39, 0.29) is 11.8 Å². The van der Waals surface area contributed by atoms with Gasteiger partial charge in [0.05, 0.1) is 0 Å². The van der Waals surface area contributed by atoms with Crippen LogP contribution < -0.4 is 11.1 Å². The number of carbonyl (C=O) groups excluding carboxylic acids is 1. The lowest BCUT2D eigenvalue weighted by molar-refractivity contribution is -0.121. The summed E-state index contributed by atoms with van der Waals surface area (Å²) in [6, 6.07) is 7.96. The van der Waals surface area contributed by atoms with E-state index in [4.69, 9.17) is 17.3 Å². The Morgan fingerprint density at radius 1 is 1.47 bits per heavy atom. The van der Waals surface area contributed by atoms with Gasteiger partial charge in [0.1, 0.15) is 0 Å². The molecule has 1 atom stereocenters. The maximum absolute atomic E-state index is 11.7. The minimum absolute atomic E-state index is 0.00227. The maximum Gasteiger partial charge on any atom is 0.220 e. The van der Waals surface area contributed by atoms with Crippen molar-refractivity contribution < 1.29 is 4.79 Å². The lowest BCUT2D eigenvalue weighted by Gasteiger charge is -2.16. The molecule has 1 unspecified atom stereocenters. The Kier molecular flexibility index (Phi) is 4.02. The first kappa shape index (κ1) is 12.4. The molecule has 3 N–H and O–H groups in total. The summed E-state index contributed by atoms with van der Waals surface area (Å²) in [4.78, 5) is 11.7. The average molecular weight is 253 g/mol. The van der Waals surface area contributed by atoms with Crippen LogP contribution in [0.25, 0.3) is 0 Å². The number of nitrogens with one attached hydrogen (secondary N) is 1. The van der Waals surface area contributed by atoms with E-state index in [1.165, 1.54) is 0 Å². The molecule has 1 fully saturated rings. The summed E-state index contributed by atoms with van der Waals surface area (Å²) < 4.78 is 0. The molecule has 0 spiro atoms. The van der Waals surface area contributed by atoms with Gasteiger partial charge in [-0.2, -0.15) is 0 Å². The number of carbonyl (C=O) groups is 1. The molecule has 2 rings (SSSR count). The molecule has 1 aliphatic carbocycles. The van der Waals surface area contributed by atoms with Gasteiger partial charge >= 0.3 is 0 Å². The van der Waals surface area contributed by atoms with Crippen molar-refractivity contribution in [1.29, 1.82) is 0 Å². The Hall–Kier alpha value is -1.06. The van der Waals surface area contributed by atoms with Crippen LogP contribution in [0.15, 0.2) is 24.3 Å². The van der Waals surface area contributed by atoms with Crippen LogP contribution in [0.1, 0.15) is 30.7 Å². The summed E-state index contributed by atoms with van der Waals surface area (Å²) in [5.41, 5.74) is 6.69.